The normalized spacial score (nSPS) is 20.4. The molecule has 1 aliphatic rings. The number of carbonyl (C=O) groups excluding carboxylic acids is 1. The topological polar surface area (TPSA) is 61.4 Å². The van der Waals surface area contributed by atoms with Gasteiger partial charge < -0.3 is 15.1 Å². The Labute approximate surface area is 113 Å². The Bertz CT molecular complexity index is 450. The van der Waals surface area contributed by atoms with E-state index in [9.17, 15) is 4.79 Å². The van der Waals surface area contributed by atoms with Crippen molar-refractivity contribution in [1.29, 1.82) is 0 Å². The van der Waals surface area contributed by atoms with E-state index in [1.165, 1.54) is 6.20 Å². The van der Waals surface area contributed by atoms with Crippen LogP contribution in [0.4, 0.5) is 5.82 Å². The summed E-state index contributed by atoms with van der Waals surface area (Å²) in [5.41, 5.74) is 0.412. The Kier molecular flexibility index (Phi) is 4.31. The molecule has 6 nitrogen and oxygen atoms in total. The standard InChI is InChI=1S/C13H21N5O/c1-4-15-12-8-14-7-11(16-12)13(19)18-6-5-17(3)9-10(18)2/h7-8,10H,4-6,9H2,1-3H3,(H,15,16). The smallest absolute Gasteiger partial charge is 0.274 e. The molecule has 0 bridgehead atoms. The fraction of sp³-hybridized carbons (Fsp3) is 0.615. The van der Waals surface area contributed by atoms with E-state index in [2.05, 4.69) is 34.2 Å². The molecule has 0 aromatic carbocycles. The highest BCUT2D eigenvalue weighted by Gasteiger charge is 2.27. The van der Waals surface area contributed by atoms with Crippen LogP contribution in [0, 0.1) is 0 Å². The zero-order chi connectivity index (χ0) is 13.8. The van der Waals surface area contributed by atoms with Gasteiger partial charge in [-0.3, -0.25) is 9.78 Å². The van der Waals surface area contributed by atoms with E-state index >= 15 is 0 Å². The minimum atomic E-state index is -0.0344. The maximum Gasteiger partial charge on any atom is 0.274 e. The maximum absolute atomic E-state index is 12.5. The molecule has 104 valence electrons. The van der Waals surface area contributed by atoms with Gasteiger partial charge in [0, 0.05) is 32.2 Å². The first-order chi connectivity index (χ1) is 9.11. The Balaban J connectivity index is 2.12. The summed E-state index contributed by atoms with van der Waals surface area (Å²) < 4.78 is 0. The highest BCUT2D eigenvalue weighted by molar-refractivity contribution is 5.92. The molecule has 0 radical (unpaired) electrons. The summed E-state index contributed by atoms with van der Waals surface area (Å²) in [6.45, 7) is 7.34. The molecule has 2 heterocycles. The van der Waals surface area contributed by atoms with E-state index in [-0.39, 0.29) is 11.9 Å². The summed E-state index contributed by atoms with van der Waals surface area (Å²) in [5, 5.41) is 3.07. The summed E-state index contributed by atoms with van der Waals surface area (Å²) in [5.74, 6) is 0.614. The van der Waals surface area contributed by atoms with E-state index < -0.39 is 0 Å². The monoisotopic (exact) mass is 263 g/mol. The van der Waals surface area contributed by atoms with Crippen molar-refractivity contribution in [2.24, 2.45) is 0 Å². The lowest BCUT2D eigenvalue weighted by molar-refractivity contribution is 0.0527. The van der Waals surface area contributed by atoms with Gasteiger partial charge in [-0.15, -0.1) is 0 Å². The zero-order valence-corrected chi connectivity index (χ0v) is 11.8. The molecule has 1 saturated heterocycles. The third kappa shape index (κ3) is 3.20. The van der Waals surface area contributed by atoms with Crippen LogP contribution in [0.2, 0.25) is 0 Å². The van der Waals surface area contributed by atoms with Gasteiger partial charge in [-0.1, -0.05) is 0 Å². The van der Waals surface area contributed by atoms with Gasteiger partial charge in [0.05, 0.1) is 12.4 Å². The second-order valence-electron chi connectivity index (χ2n) is 4.93. The number of piperazine rings is 1. The lowest BCUT2D eigenvalue weighted by Crippen LogP contribution is -2.52. The first-order valence-corrected chi connectivity index (χ1v) is 6.67. The van der Waals surface area contributed by atoms with Crippen LogP contribution in [-0.2, 0) is 0 Å². The van der Waals surface area contributed by atoms with Gasteiger partial charge in [-0.25, -0.2) is 4.98 Å². The minimum Gasteiger partial charge on any atom is -0.369 e. The van der Waals surface area contributed by atoms with Crippen LogP contribution in [0.25, 0.3) is 0 Å². The van der Waals surface area contributed by atoms with Gasteiger partial charge in [0.15, 0.2) is 0 Å². The van der Waals surface area contributed by atoms with E-state index in [1.54, 1.807) is 6.20 Å². The van der Waals surface area contributed by atoms with Crippen molar-refractivity contribution in [3.8, 4) is 0 Å². The Morgan fingerprint density at radius 1 is 1.47 bits per heavy atom. The van der Waals surface area contributed by atoms with Crippen LogP contribution >= 0.6 is 0 Å². The average molecular weight is 263 g/mol. The number of anilines is 1. The van der Waals surface area contributed by atoms with Crippen LogP contribution in [0.15, 0.2) is 12.4 Å². The van der Waals surface area contributed by atoms with E-state index in [1.807, 2.05) is 11.8 Å². The molecule has 19 heavy (non-hydrogen) atoms. The summed E-state index contributed by atoms with van der Waals surface area (Å²) in [4.78, 5) is 24.9. The van der Waals surface area contributed by atoms with Crippen molar-refractivity contribution in [1.82, 2.24) is 19.8 Å². The first kappa shape index (κ1) is 13.7. The lowest BCUT2D eigenvalue weighted by atomic mass is 10.2. The highest BCUT2D eigenvalue weighted by Crippen LogP contribution is 2.12. The van der Waals surface area contributed by atoms with Crippen molar-refractivity contribution in [2.75, 3.05) is 38.5 Å². The lowest BCUT2D eigenvalue weighted by Gasteiger charge is -2.37. The highest BCUT2D eigenvalue weighted by atomic mass is 16.2. The van der Waals surface area contributed by atoms with Crippen molar-refractivity contribution in [2.45, 2.75) is 19.9 Å². The van der Waals surface area contributed by atoms with Crippen LogP contribution in [-0.4, -0.2) is 64.9 Å². The molecule has 0 saturated carbocycles. The number of likely N-dealkylation sites (N-methyl/N-ethyl adjacent to an activating group) is 1. The number of carbonyl (C=O) groups is 1. The number of amides is 1. The predicted molar refractivity (Wildman–Crippen MR) is 74.2 cm³/mol. The molecule has 1 fully saturated rings. The van der Waals surface area contributed by atoms with Gasteiger partial charge in [-0.2, -0.15) is 0 Å². The molecule has 1 N–H and O–H groups in total. The number of hydrogen-bond donors (Lipinski definition) is 1. The van der Waals surface area contributed by atoms with Crippen molar-refractivity contribution < 1.29 is 4.79 Å². The van der Waals surface area contributed by atoms with E-state index in [0.717, 1.165) is 26.2 Å². The fourth-order valence-electron chi connectivity index (χ4n) is 2.32. The summed E-state index contributed by atoms with van der Waals surface area (Å²) >= 11 is 0. The second kappa shape index (κ2) is 5.97. The first-order valence-electron chi connectivity index (χ1n) is 6.67. The number of nitrogens with one attached hydrogen (secondary N) is 1. The van der Waals surface area contributed by atoms with Gasteiger partial charge in [0.25, 0.3) is 5.91 Å². The van der Waals surface area contributed by atoms with Crippen LogP contribution < -0.4 is 5.32 Å². The number of nitrogens with zero attached hydrogens (tertiary/aromatic N) is 4. The van der Waals surface area contributed by atoms with Crippen molar-refractivity contribution >= 4 is 11.7 Å². The summed E-state index contributed by atoms with van der Waals surface area (Å²) in [7, 11) is 2.07. The van der Waals surface area contributed by atoms with E-state index in [4.69, 9.17) is 0 Å². The van der Waals surface area contributed by atoms with Crippen LogP contribution in [0.1, 0.15) is 24.3 Å². The molecule has 1 atom stereocenters. The average Bonchev–Trinajstić information content (AvgIpc) is 2.39. The van der Waals surface area contributed by atoms with Gasteiger partial charge in [0.2, 0.25) is 0 Å². The van der Waals surface area contributed by atoms with Crippen LogP contribution in [0.5, 0.6) is 0 Å². The fourth-order valence-corrected chi connectivity index (χ4v) is 2.32. The van der Waals surface area contributed by atoms with Gasteiger partial charge >= 0.3 is 0 Å². The Morgan fingerprint density at radius 2 is 2.26 bits per heavy atom. The largest absolute Gasteiger partial charge is 0.369 e. The number of hydrogen-bond acceptors (Lipinski definition) is 5. The molecule has 1 amide bonds. The molecule has 2 rings (SSSR count). The molecule has 1 aliphatic heterocycles. The van der Waals surface area contributed by atoms with Crippen molar-refractivity contribution in [3.63, 3.8) is 0 Å². The SMILES string of the molecule is CCNc1cncc(C(=O)N2CCN(C)CC2C)n1. The van der Waals surface area contributed by atoms with Gasteiger partial charge in [-0.05, 0) is 20.9 Å². The third-order valence-electron chi connectivity index (χ3n) is 3.30. The zero-order valence-electron chi connectivity index (χ0n) is 11.8. The quantitative estimate of drug-likeness (QED) is 0.869. The molecule has 1 unspecified atom stereocenters. The predicted octanol–water partition coefficient (Wildman–Crippen LogP) is 0.684. The Hall–Kier alpha value is -1.69. The number of aromatic nitrogens is 2. The summed E-state index contributed by atoms with van der Waals surface area (Å²) in [6, 6.07) is 0.204. The molecule has 1 aromatic heterocycles. The molecule has 0 aliphatic carbocycles. The molecular formula is C13H21N5O. The molecular weight excluding hydrogens is 242 g/mol. The van der Waals surface area contributed by atoms with E-state index in [0.29, 0.717) is 11.5 Å². The minimum absolute atomic E-state index is 0.0344. The number of rotatable bonds is 3. The second-order valence-corrected chi connectivity index (χ2v) is 4.93. The van der Waals surface area contributed by atoms with Crippen molar-refractivity contribution in [3.05, 3.63) is 18.1 Å². The maximum atomic E-state index is 12.5. The molecule has 6 heteroatoms. The molecule has 0 spiro atoms. The third-order valence-corrected chi connectivity index (χ3v) is 3.30. The van der Waals surface area contributed by atoms with Gasteiger partial charge in [0.1, 0.15) is 11.5 Å². The Morgan fingerprint density at radius 3 is 2.95 bits per heavy atom. The van der Waals surface area contributed by atoms with Crippen LogP contribution in [0.3, 0.4) is 0 Å². The summed E-state index contributed by atoms with van der Waals surface area (Å²) in [6.07, 6.45) is 3.17. The molecule has 1 aromatic rings.